The summed E-state index contributed by atoms with van der Waals surface area (Å²) in [6, 6.07) is 8.08. The Bertz CT molecular complexity index is 538. The first kappa shape index (κ1) is 15.4. The van der Waals surface area contributed by atoms with Gasteiger partial charge in [0.1, 0.15) is 0 Å². The van der Waals surface area contributed by atoms with E-state index < -0.39 is 0 Å². The van der Waals surface area contributed by atoms with Crippen LogP contribution in [0.5, 0.6) is 0 Å². The van der Waals surface area contributed by atoms with Crippen molar-refractivity contribution in [3.8, 4) is 11.8 Å². The van der Waals surface area contributed by atoms with Crippen LogP contribution in [0.3, 0.4) is 0 Å². The lowest BCUT2D eigenvalue weighted by Gasteiger charge is -2.31. The van der Waals surface area contributed by atoms with E-state index in [2.05, 4.69) is 11.8 Å². The third kappa shape index (κ3) is 4.51. The molecule has 1 heterocycles. The Kier molecular flexibility index (Phi) is 5.65. The monoisotopic (exact) mass is 285 g/mol. The Morgan fingerprint density at radius 2 is 2.10 bits per heavy atom. The molecule has 1 aliphatic rings. The zero-order valence-electron chi connectivity index (χ0n) is 12.6. The molecule has 2 amide bonds. The molecule has 1 aromatic carbocycles. The summed E-state index contributed by atoms with van der Waals surface area (Å²) in [7, 11) is 1.86. The number of piperidine rings is 1. The molecule has 0 spiro atoms. The van der Waals surface area contributed by atoms with Gasteiger partial charge in [-0.15, -0.1) is 0 Å². The van der Waals surface area contributed by atoms with Crippen molar-refractivity contribution in [3.63, 3.8) is 0 Å². The van der Waals surface area contributed by atoms with Crippen LogP contribution in [-0.4, -0.2) is 42.5 Å². The van der Waals surface area contributed by atoms with Crippen molar-refractivity contribution in [2.24, 2.45) is 5.73 Å². The molecule has 1 fully saturated rings. The van der Waals surface area contributed by atoms with Gasteiger partial charge in [0, 0.05) is 32.2 Å². The van der Waals surface area contributed by atoms with Crippen LogP contribution >= 0.6 is 0 Å². The average Bonchev–Trinajstić information content (AvgIpc) is 2.53. The second kappa shape index (κ2) is 7.70. The molecule has 2 N–H and O–H groups in total. The molecule has 4 heteroatoms. The summed E-state index contributed by atoms with van der Waals surface area (Å²) < 4.78 is 0. The molecule has 112 valence electrons. The van der Waals surface area contributed by atoms with E-state index in [0.717, 1.165) is 37.1 Å². The molecule has 21 heavy (non-hydrogen) atoms. The van der Waals surface area contributed by atoms with Gasteiger partial charge in [0.15, 0.2) is 0 Å². The highest BCUT2D eigenvalue weighted by Gasteiger charge is 2.19. The van der Waals surface area contributed by atoms with Crippen LogP contribution in [-0.2, 0) is 6.54 Å². The van der Waals surface area contributed by atoms with Gasteiger partial charge < -0.3 is 15.5 Å². The van der Waals surface area contributed by atoms with Crippen LogP contribution in [0.15, 0.2) is 24.3 Å². The summed E-state index contributed by atoms with van der Waals surface area (Å²) in [5.41, 5.74) is 7.42. The first-order valence-corrected chi connectivity index (χ1v) is 7.48. The van der Waals surface area contributed by atoms with E-state index in [9.17, 15) is 4.79 Å². The standard InChI is InChI=1S/C17H23N3O/c1-19(17(21)20-11-3-2-4-12-20)14-16-8-5-7-15(13-16)9-6-10-18/h5,7-8,13H,2-4,10-12,14,18H2,1H3. The minimum absolute atomic E-state index is 0.119. The number of carbonyl (C=O) groups excluding carboxylic acids is 1. The van der Waals surface area contributed by atoms with E-state index in [1.54, 1.807) is 4.90 Å². The predicted molar refractivity (Wildman–Crippen MR) is 84.7 cm³/mol. The largest absolute Gasteiger partial charge is 0.325 e. The Morgan fingerprint density at radius 3 is 2.81 bits per heavy atom. The van der Waals surface area contributed by atoms with E-state index in [4.69, 9.17) is 5.73 Å². The van der Waals surface area contributed by atoms with Gasteiger partial charge in [0.05, 0.1) is 6.54 Å². The first-order valence-electron chi connectivity index (χ1n) is 7.48. The third-order valence-corrected chi connectivity index (χ3v) is 3.63. The van der Waals surface area contributed by atoms with E-state index in [1.807, 2.05) is 36.2 Å². The predicted octanol–water partition coefficient (Wildman–Crippen LogP) is 2.03. The van der Waals surface area contributed by atoms with Crippen molar-refractivity contribution in [2.75, 3.05) is 26.7 Å². The fourth-order valence-electron chi connectivity index (χ4n) is 2.57. The maximum atomic E-state index is 12.4. The minimum Gasteiger partial charge on any atom is -0.325 e. The van der Waals surface area contributed by atoms with Crippen molar-refractivity contribution in [3.05, 3.63) is 35.4 Å². The summed E-state index contributed by atoms with van der Waals surface area (Å²) in [6.45, 7) is 2.72. The molecular formula is C17H23N3O. The fraction of sp³-hybridized carbons (Fsp3) is 0.471. The minimum atomic E-state index is 0.119. The van der Waals surface area contributed by atoms with Crippen LogP contribution in [0, 0.1) is 11.8 Å². The van der Waals surface area contributed by atoms with Gasteiger partial charge in [0.2, 0.25) is 0 Å². The van der Waals surface area contributed by atoms with Gasteiger partial charge in [-0.05, 0) is 37.0 Å². The Morgan fingerprint density at radius 1 is 1.33 bits per heavy atom. The Hall–Kier alpha value is -1.99. The van der Waals surface area contributed by atoms with Crippen molar-refractivity contribution in [2.45, 2.75) is 25.8 Å². The highest BCUT2D eigenvalue weighted by Crippen LogP contribution is 2.13. The number of amides is 2. The van der Waals surface area contributed by atoms with Crippen molar-refractivity contribution < 1.29 is 4.79 Å². The van der Waals surface area contributed by atoms with Gasteiger partial charge >= 0.3 is 6.03 Å². The maximum Gasteiger partial charge on any atom is 0.320 e. The summed E-state index contributed by atoms with van der Waals surface area (Å²) in [6.07, 6.45) is 3.46. The van der Waals surface area contributed by atoms with Gasteiger partial charge in [-0.25, -0.2) is 4.79 Å². The number of urea groups is 1. The zero-order chi connectivity index (χ0) is 15.1. The first-order chi connectivity index (χ1) is 10.2. The summed E-state index contributed by atoms with van der Waals surface area (Å²) in [5.74, 6) is 5.87. The number of nitrogens with zero attached hydrogens (tertiary/aromatic N) is 2. The molecule has 0 aliphatic carbocycles. The lowest BCUT2D eigenvalue weighted by Crippen LogP contribution is -2.43. The molecule has 1 aliphatic heterocycles. The molecule has 4 nitrogen and oxygen atoms in total. The molecule has 0 aromatic heterocycles. The molecule has 1 saturated heterocycles. The second-order valence-electron chi connectivity index (χ2n) is 5.39. The summed E-state index contributed by atoms with van der Waals surface area (Å²) >= 11 is 0. The highest BCUT2D eigenvalue weighted by molar-refractivity contribution is 5.74. The lowest BCUT2D eigenvalue weighted by molar-refractivity contribution is 0.151. The van der Waals surface area contributed by atoms with Gasteiger partial charge in [-0.2, -0.15) is 0 Å². The van der Waals surface area contributed by atoms with E-state index in [-0.39, 0.29) is 6.03 Å². The molecule has 0 radical (unpaired) electrons. The number of likely N-dealkylation sites (tertiary alicyclic amines) is 1. The topological polar surface area (TPSA) is 49.6 Å². The van der Waals surface area contributed by atoms with Crippen LogP contribution in [0.4, 0.5) is 4.79 Å². The average molecular weight is 285 g/mol. The smallest absolute Gasteiger partial charge is 0.320 e. The molecule has 2 rings (SSSR count). The Balaban J connectivity index is 1.98. The van der Waals surface area contributed by atoms with Crippen LogP contribution in [0.25, 0.3) is 0 Å². The maximum absolute atomic E-state index is 12.4. The van der Waals surface area contributed by atoms with Crippen molar-refractivity contribution >= 4 is 6.03 Å². The molecular weight excluding hydrogens is 262 g/mol. The quantitative estimate of drug-likeness (QED) is 0.845. The van der Waals surface area contributed by atoms with Gasteiger partial charge in [-0.3, -0.25) is 0 Å². The van der Waals surface area contributed by atoms with Crippen LogP contribution < -0.4 is 5.73 Å². The molecule has 0 bridgehead atoms. The summed E-state index contributed by atoms with van der Waals surface area (Å²) in [5, 5.41) is 0. The van der Waals surface area contributed by atoms with Gasteiger partial charge in [-0.1, -0.05) is 24.0 Å². The number of hydrogen-bond acceptors (Lipinski definition) is 2. The van der Waals surface area contributed by atoms with Crippen molar-refractivity contribution in [1.29, 1.82) is 0 Å². The zero-order valence-corrected chi connectivity index (χ0v) is 12.6. The number of carbonyl (C=O) groups is 1. The Labute approximate surface area is 126 Å². The fourth-order valence-corrected chi connectivity index (χ4v) is 2.57. The third-order valence-electron chi connectivity index (χ3n) is 3.63. The van der Waals surface area contributed by atoms with Crippen LogP contribution in [0.1, 0.15) is 30.4 Å². The SMILES string of the molecule is CN(Cc1cccc(C#CCN)c1)C(=O)N1CCCCC1. The normalized spacial score (nSPS) is 14.3. The van der Waals surface area contributed by atoms with Crippen molar-refractivity contribution in [1.82, 2.24) is 9.80 Å². The van der Waals surface area contributed by atoms with E-state index in [1.165, 1.54) is 6.42 Å². The lowest BCUT2D eigenvalue weighted by atomic mass is 10.1. The van der Waals surface area contributed by atoms with Crippen LogP contribution in [0.2, 0.25) is 0 Å². The number of hydrogen-bond donors (Lipinski definition) is 1. The van der Waals surface area contributed by atoms with E-state index >= 15 is 0 Å². The molecule has 0 atom stereocenters. The highest BCUT2D eigenvalue weighted by atomic mass is 16.2. The molecule has 0 unspecified atom stereocenters. The molecule has 0 saturated carbocycles. The number of rotatable bonds is 2. The van der Waals surface area contributed by atoms with E-state index in [0.29, 0.717) is 13.1 Å². The second-order valence-corrected chi connectivity index (χ2v) is 5.39. The van der Waals surface area contributed by atoms with Gasteiger partial charge in [0.25, 0.3) is 0 Å². The number of nitrogens with two attached hydrogens (primary N) is 1. The number of benzene rings is 1. The molecule has 1 aromatic rings. The summed E-state index contributed by atoms with van der Waals surface area (Å²) in [4.78, 5) is 16.1.